The topological polar surface area (TPSA) is 95.7 Å². The van der Waals surface area contributed by atoms with Crippen LogP contribution in [0.3, 0.4) is 0 Å². The third-order valence-corrected chi connectivity index (χ3v) is 7.42. The van der Waals surface area contributed by atoms with Crippen molar-refractivity contribution in [1.29, 1.82) is 0 Å². The molecule has 0 spiro atoms. The molecule has 0 bridgehead atoms. The average molecular weight is 411 g/mol. The van der Waals surface area contributed by atoms with Crippen LogP contribution >= 0.6 is 0 Å². The van der Waals surface area contributed by atoms with E-state index in [4.69, 9.17) is 5.73 Å². The summed E-state index contributed by atoms with van der Waals surface area (Å²) in [5.41, 5.74) is 8.90. The van der Waals surface area contributed by atoms with Gasteiger partial charge in [0.15, 0.2) is 0 Å². The first-order valence-electron chi connectivity index (χ1n) is 11.2. The molecule has 2 saturated heterocycles. The molecule has 1 aromatic rings. The van der Waals surface area contributed by atoms with E-state index in [9.17, 15) is 14.4 Å². The highest BCUT2D eigenvalue weighted by molar-refractivity contribution is 6.05. The van der Waals surface area contributed by atoms with Crippen LogP contribution in [0.15, 0.2) is 18.2 Å². The smallest absolute Gasteiger partial charge is 0.255 e. The van der Waals surface area contributed by atoms with Crippen molar-refractivity contribution in [3.63, 3.8) is 0 Å². The van der Waals surface area contributed by atoms with Crippen molar-refractivity contribution in [1.82, 2.24) is 15.1 Å². The predicted molar refractivity (Wildman–Crippen MR) is 111 cm³/mol. The average Bonchev–Trinajstić information content (AvgIpc) is 3.53. The molecule has 1 unspecified atom stereocenters. The lowest BCUT2D eigenvalue weighted by molar-refractivity contribution is -0.136. The molecular formula is C23H30N4O3. The van der Waals surface area contributed by atoms with Gasteiger partial charge in [-0.1, -0.05) is 12.1 Å². The minimum atomic E-state index is -0.555. The van der Waals surface area contributed by atoms with Crippen LogP contribution in [0.1, 0.15) is 53.6 Å². The highest BCUT2D eigenvalue weighted by atomic mass is 16.2. The zero-order chi connectivity index (χ0) is 20.8. The van der Waals surface area contributed by atoms with E-state index in [1.807, 2.05) is 12.1 Å². The van der Waals surface area contributed by atoms with Gasteiger partial charge in [0.1, 0.15) is 6.04 Å². The molecule has 4 aliphatic rings. The number of nitrogens with one attached hydrogen (secondary N) is 1. The van der Waals surface area contributed by atoms with Gasteiger partial charge in [-0.25, -0.2) is 0 Å². The summed E-state index contributed by atoms with van der Waals surface area (Å²) in [6, 6.07) is 5.52. The number of imide groups is 1. The zero-order valence-electron chi connectivity index (χ0n) is 17.3. The Kier molecular flexibility index (Phi) is 5.11. The first-order chi connectivity index (χ1) is 14.5. The second kappa shape index (κ2) is 7.78. The molecule has 3 aliphatic heterocycles. The van der Waals surface area contributed by atoms with Gasteiger partial charge < -0.3 is 10.6 Å². The molecule has 30 heavy (non-hydrogen) atoms. The number of carbonyl (C=O) groups excluding carboxylic acids is 3. The van der Waals surface area contributed by atoms with Crippen LogP contribution in [-0.4, -0.2) is 53.2 Å². The second-order valence-corrected chi connectivity index (χ2v) is 9.41. The van der Waals surface area contributed by atoms with Gasteiger partial charge in [-0.2, -0.15) is 0 Å². The number of carbonyl (C=O) groups is 3. The molecule has 3 fully saturated rings. The Labute approximate surface area is 177 Å². The first kappa shape index (κ1) is 19.7. The zero-order valence-corrected chi connectivity index (χ0v) is 17.3. The fraction of sp³-hybridized carbons (Fsp3) is 0.609. The number of hydrogen-bond donors (Lipinski definition) is 2. The van der Waals surface area contributed by atoms with E-state index >= 15 is 0 Å². The minimum Gasteiger partial charge on any atom is -0.330 e. The monoisotopic (exact) mass is 410 g/mol. The molecule has 5 rings (SSSR count). The van der Waals surface area contributed by atoms with Crippen molar-refractivity contribution in [3.05, 3.63) is 34.9 Å². The number of rotatable bonds is 5. The van der Waals surface area contributed by atoms with E-state index in [0.717, 1.165) is 43.6 Å². The summed E-state index contributed by atoms with van der Waals surface area (Å²) in [6.07, 6.45) is 4.56. The third kappa shape index (κ3) is 3.65. The van der Waals surface area contributed by atoms with Gasteiger partial charge in [-0.05, 0) is 73.7 Å². The summed E-state index contributed by atoms with van der Waals surface area (Å²) >= 11 is 0. The number of benzene rings is 1. The third-order valence-electron chi connectivity index (χ3n) is 7.42. The lowest BCUT2D eigenvalue weighted by Gasteiger charge is -2.38. The van der Waals surface area contributed by atoms with Crippen molar-refractivity contribution < 1.29 is 14.4 Å². The van der Waals surface area contributed by atoms with Crippen LogP contribution in [0, 0.1) is 17.8 Å². The summed E-state index contributed by atoms with van der Waals surface area (Å²) in [5, 5.41) is 2.36. The molecule has 1 aromatic carbocycles. The maximum Gasteiger partial charge on any atom is 0.255 e. The maximum absolute atomic E-state index is 12.9. The van der Waals surface area contributed by atoms with E-state index in [1.165, 1.54) is 24.8 Å². The Morgan fingerprint density at radius 1 is 1.10 bits per heavy atom. The molecular weight excluding hydrogens is 380 g/mol. The molecule has 7 heteroatoms. The molecule has 7 nitrogen and oxygen atoms in total. The van der Waals surface area contributed by atoms with Gasteiger partial charge >= 0.3 is 0 Å². The van der Waals surface area contributed by atoms with Crippen LogP contribution < -0.4 is 11.1 Å². The van der Waals surface area contributed by atoms with Crippen LogP contribution in [0.25, 0.3) is 0 Å². The van der Waals surface area contributed by atoms with E-state index in [0.29, 0.717) is 24.4 Å². The first-order valence-corrected chi connectivity index (χ1v) is 11.2. The Bertz CT molecular complexity index is 881. The Hall–Kier alpha value is -2.25. The molecule has 3 N–H and O–H groups in total. The Morgan fingerprint density at radius 3 is 2.67 bits per heavy atom. The van der Waals surface area contributed by atoms with Crippen LogP contribution in [0.4, 0.5) is 0 Å². The summed E-state index contributed by atoms with van der Waals surface area (Å²) in [4.78, 5) is 40.7. The van der Waals surface area contributed by atoms with E-state index in [1.54, 1.807) is 4.90 Å². The van der Waals surface area contributed by atoms with Crippen LogP contribution in [0.5, 0.6) is 0 Å². The van der Waals surface area contributed by atoms with Gasteiger partial charge in [-0.3, -0.25) is 24.6 Å². The lowest BCUT2D eigenvalue weighted by Crippen LogP contribution is -2.52. The van der Waals surface area contributed by atoms with Crippen molar-refractivity contribution in [3.8, 4) is 0 Å². The van der Waals surface area contributed by atoms with Crippen LogP contribution in [-0.2, 0) is 22.7 Å². The van der Waals surface area contributed by atoms with E-state index in [2.05, 4.69) is 16.3 Å². The number of piperidine rings is 2. The predicted octanol–water partition coefficient (Wildman–Crippen LogP) is 1.25. The van der Waals surface area contributed by atoms with Gasteiger partial charge in [0.2, 0.25) is 11.8 Å². The number of hydrogen-bond acceptors (Lipinski definition) is 5. The SMILES string of the molecule is NC[C@@H]1CCN(Cc2ccc3c(c2)CN(C2CCC(=O)NC2=O)C3=O)C[C@@H]1C1CC1. The summed E-state index contributed by atoms with van der Waals surface area (Å²) in [6.45, 7) is 4.31. The second-order valence-electron chi connectivity index (χ2n) is 9.41. The number of likely N-dealkylation sites (tertiary alicyclic amines) is 1. The number of nitrogens with two attached hydrogens (primary N) is 1. The molecule has 3 amide bonds. The molecule has 1 aliphatic carbocycles. The standard InChI is InChI=1S/C23H30N4O3/c24-10-16-7-8-26(13-19(16)15-2-3-15)11-14-1-4-18-17(9-14)12-27(23(18)30)20-5-6-21(28)25-22(20)29/h1,4,9,15-16,19-20H,2-3,5-8,10-13,24H2,(H,25,28,29)/t16-,19+,20?/m0/s1. The van der Waals surface area contributed by atoms with Gasteiger partial charge in [0, 0.05) is 31.6 Å². The van der Waals surface area contributed by atoms with Crippen molar-refractivity contribution in [2.24, 2.45) is 23.5 Å². The number of nitrogens with zero attached hydrogens (tertiary/aromatic N) is 2. The molecule has 3 atom stereocenters. The van der Waals surface area contributed by atoms with Gasteiger partial charge in [0.25, 0.3) is 5.91 Å². The van der Waals surface area contributed by atoms with Gasteiger partial charge in [0.05, 0.1) is 0 Å². The quantitative estimate of drug-likeness (QED) is 0.713. The van der Waals surface area contributed by atoms with E-state index < -0.39 is 6.04 Å². The van der Waals surface area contributed by atoms with Crippen LogP contribution in [0.2, 0.25) is 0 Å². The Morgan fingerprint density at radius 2 is 1.93 bits per heavy atom. The molecule has 160 valence electrons. The lowest BCUT2D eigenvalue weighted by atomic mass is 9.82. The molecule has 1 saturated carbocycles. The molecule has 0 aromatic heterocycles. The molecule has 0 radical (unpaired) electrons. The van der Waals surface area contributed by atoms with Crippen molar-refractivity contribution in [2.75, 3.05) is 19.6 Å². The number of amides is 3. The van der Waals surface area contributed by atoms with E-state index in [-0.39, 0.29) is 24.1 Å². The number of fused-ring (bicyclic) bond motifs is 1. The van der Waals surface area contributed by atoms with Crippen molar-refractivity contribution >= 4 is 17.7 Å². The highest BCUT2D eigenvalue weighted by Crippen LogP contribution is 2.43. The fourth-order valence-corrected chi connectivity index (χ4v) is 5.58. The highest BCUT2D eigenvalue weighted by Gasteiger charge is 2.40. The summed E-state index contributed by atoms with van der Waals surface area (Å²) < 4.78 is 0. The summed E-state index contributed by atoms with van der Waals surface area (Å²) in [7, 11) is 0. The fourth-order valence-electron chi connectivity index (χ4n) is 5.58. The maximum atomic E-state index is 12.9. The largest absolute Gasteiger partial charge is 0.330 e. The van der Waals surface area contributed by atoms with Gasteiger partial charge in [-0.15, -0.1) is 0 Å². The summed E-state index contributed by atoms with van der Waals surface area (Å²) in [5.74, 6) is 1.52. The normalized spacial score (nSPS) is 29.8. The minimum absolute atomic E-state index is 0.108. The molecule has 3 heterocycles. The van der Waals surface area contributed by atoms with Crippen molar-refractivity contribution in [2.45, 2.75) is 51.2 Å². The Balaban J connectivity index is 1.27.